The number of carbonyl (C=O) groups is 1. The second kappa shape index (κ2) is 9.84. The lowest BCUT2D eigenvalue weighted by molar-refractivity contribution is -0.110. The van der Waals surface area contributed by atoms with E-state index in [0.717, 1.165) is 41.3 Å². The molecule has 0 atom stereocenters. The summed E-state index contributed by atoms with van der Waals surface area (Å²) in [5.41, 5.74) is 7.16. The van der Waals surface area contributed by atoms with E-state index in [2.05, 4.69) is 71.1 Å². The molecule has 4 aromatic rings. The molecule has 1 amide bonds. The van der Waals surface area contributed by atoms with Gasteiger partial charge in [0.15, 0.2) is 11.5 Å². The van der Waals surface area contributed by atoms with Gasteiger partial charge in [-0.1, -0.05) is 72.8 Å². The van der Waals surface area contributed by atoms with E-state index in [0.29, 0.717) is 17.1 Å². The zero-order valence-corrected chi connectivity index (χ0v) is 20.5. The van der Waals surface area contributed by atoms with Crippen LogP contribution in [0.1, 0.15) is 22.3 Å². The first-order valence-electron chi connectivity index (χ1n) is 12.3. The van der Waals surface area contributed by atoms with Gasteiger partial charge in [-0.25, -0.2) is 0 Å². The maximum Gasteiger partial charge on any atom is 0.258 e. The molecule has 0 aliphatic carbocycles. The molecular weight excluding hydrogens is 462 g/mol. The van der Waals surface area contributed by atoms with Crippen molar-refractivity contribution in [2.75, 3.05) is 24.5 Å². The van der Waals surface area contributed by atoms with Crippen molar-refractivity contribution in [3.05, 3.63) is 119 Å². The summed E-state index contributed by atoms with van der Waals surface area (Å²) in [6.45, 7) is 1.91. The summed E-state index contributed by atoms with van der Waals surface area (Å²) in [7, 11) is 2.12. The lowest BCUT2D eigenvalue weighted by Gasteiger charge is -2.18. The molecule has 37 heavy (non-hydrogen) atoms. The Kier molecular flexibility index (Phi) is 6.08. The van der Waals surface area contributed by atoms with Crippen LogP contribution < -0.4 is 20.1 Å². The number of amides is 1. The molecule has 0 spiro atoms. The molecule has 6 rings (SSSR count). The van der Waals surface area contributed by atoms with Crippen molar-refractivity contribution >= 4 is 28.6 Å². The van der Waals surface area contributed by atoms with E-state index in [-0.39, 0.29) is 12.7 Å². The Labute approximate surface area is 216 Å². The molecular formula is C31H27N3O3. The number of ether oxygens (including phenoxy) is 2. The van der Waals surface area contributed by atoms with Crippen molar-refractivity contribution in [2.45, 2.75) is 13.1 Å². The van der Waals surface area contributed by atoms with Gasteiger partial charge in [-0.2, -0.15) is 0 Å². The van der Waals surface area contributed by atoms with Crippen molar-refractivity contribution in [1.29, 1.82) is 0 Å². The van der Waals surface area contributed by atoms with Gasteiger partial charge in [-0.15, -0.1) is 0 Å². The van der Waals surface area contributed by atoms with E-state index in [1.165, 1.54) is 11.1 Å². The molecule has 0 saturated carbocycles. The molecule has 6 heteroatoms. The molecule has 0 saturated heterocycles. The fourth-order valence-electron chi connectivity index (χ4n) is 4.79. The number of benzene rings is 4. The molecule has 184 valence electrons. The molecule has 2 N–H and O–H groups in total. The summed E-state index contributed by atoms with van der Waals surface area (Å²) < 4.78 is 11.1. The molecule has 0 aromatic heterocycles. The summed E-state index contributed by atoms with van der Waals surface area (Å²) in [4.78, 5) is 15.5. The summed E-state index contributed by atoms with van der Waals surface area (Å²) >= 11 is 0. The van der Waals surface area contributed by atoms with Crippen molar-refractivity contribution in [1.82, 2.24) is 4.90 Å². The summed E-state index contributed by atoms with van der Waals surface area (Å²) in [5.74, 6) is 1.12. The molecule has 6 nitrogen and oxygen atoms in total. The van der Waals surface area contributed by atoms with Gasteiger partial charge in [0.25, 0.3) is 5.91 Å². The number of hydrogen-bond donors (Lipinski definition) is 2. The highest BCUT2D eigenvalue weighted by atomic mass is 16.7. The van der Waals surface area contributed by atoms with Crippen LogP contribution in [0.15, 0.2) is 97.1 Å². The third-order valence-corrected chi connectivity index (χ3v) is 6.54. The van der Waals surface area contributed by atoms with Crippen LogP contribution in [0.5, 0.6) is 11.5 Å². The van der Waals surface area contributed by atoms with Gasteiger partial charge in [-0.05, 0) is 41.9 Å². The van der Waals surface area contributed by atoms with Gasteiger partial charge in [0.05, 0.1) is 17.0 Å². The Morgan fingerprint density at radius 3 is 2.16 bits per heavy atom. The van der Waals surface area contributed by atoms with Gasteiger partial charge in [0.2, 0.25) is 6.79 Å². The van der Waals surface area contributed by atoms with Crippen LogP contribution >= 0.6 is 0 Å². The van der Waals surface area contributed by atoms with Crippen LogP contribution in [0.4, 0.5) is 11.4 Å². The fourth-order valence-corrected chi connectivity index (χ4v) is 4.79. The van der Waals surface area contributed by atoms with Gasteiger partial charge in [0, 0.05) is 30.4 Å². The van der Waals surface area contributed by atoms with Crippen LogP contribution in [0.25, 0.3) is 11.3 Å². The standard InChI is InChI=1S/C31H27N3O3/c1-34(18-21-8-4-2-5-9-21)19-22-12-14-24(15-13-22)32-30(23-10-6-3-7-11-23)29-25-16-27-28(37-20-36-27)17-26(25)33-31(29)35/h2-17,32H,18-20H2,1H3,(H,33,35). The Morgan fingerprint density at radius 1 is 0.838 bits per heavy atom. The minimum atomic E-state index is -0.163. The molecule has 2 aliphatic heterocycles. The number of nitrogens with zero attached hydrogens (tertiary/aromatic N) is 1. The quantitative estimate of drug-likeness (QED) is 0.313. The van der Waals surface area contributed by atoms with Crippen LogP contribution in [-0.4, -0.2) is 24.6 Å². The number of carbonyl (C=O) groups excluding carboxylic acids is 1. The molecule has 4 aromatic carbocycles. The van der Waals surface area contributed by atoms with Crippen LogP contribution in [0, 0.1) is 0 Å². The number of fused-ring (bicyclic) bond motifs is 2. The van der Waals surface area contributed by atoms with Gasteiger partial charge < -0.3 is 20.1 Å². The summed E-state index contributed by atoms with van der Waals surface area (Å²) in [6.07, 6.45) is 0. The second-order valence-corrected chi connectivity index (χ2v) is 9.30. The smallest absolute Gasteiger partial charge is 0.258 e. The molecule has 0 unspecified atom stereocenters. The Hall–Kier alpha value is -4.55. The lowest BCUT2D eigenvalue weighted by Crippen LogP contribution is -2.17. The Balaban J connectivity index is 1.29. The minimum Gasteiger partial charge on any atom is -0.454 e. The van der Waals surface area contributed by atoms with E-state index in [9.17, 15) is 4.79 Å². The summed E-state index contributed by atoms with van der Waals surface area (Å²) in [6, 6.07) is 32.4. The van der Waals surface area contributed by atoms with Gasteiger partial charge in [0.1, 0.15) is 0 Å². The molecule has 0 bridgehead atoms. The first kappa shape index (κ1) is 22.9. The van der Waals surface area contributed by atoms with Crippen molar-refractivity contribution < 1.29 is 14.3 Å². The van der Waals surface area contributed by atoms with E-state index in [1.807, 2.05) is 48.5 Å². The third kappa shape index (κ3) is 4.79. The first-order valence-corrected chi connectivity index (χ1v) is 12.3. The number of hydrogen-bond acceptors (Lipinski definition) is 5. The number of anilines is 2. The topological polar surface area (TPSA) is 62.8 Å². The van der Waals surface area contributed by atoms with E-state index >= 15 is 0 Å². The minimum absolute atomic E-state index is 0.163. The zero-order chi connectivity index (χ0) is 25.2. The van der Waals surface area contributed by atoms with Crippen molar-refractivity contribution in [3.63, 3.8) is 0 Å². The maximum absolute atomic E-state index is 13.2. The molecule has 2 heterocycles. The predicted molar refractivity (Wildman–Crippen MR) is 146 cm³/mol. The molecule has 0 radical (unpaired) electrons. The van der Waals surface area contributed by atoms with Crippen LogP contribution in [0.2, 0.25) is 0 Å². The SMILES string of the molecule is CN(Cc1ccccc1)Cc1ccc(NC(=C2C(=O)Nc3cc4c(cc32)OCO4)c2ccccc2)cc1. The highest BCUT2D eigenvalue weighted by Crippen LogP contribution is 2.45. The molecule has 0 fully saturated rings. The van der Waals surface area contributed by atoms with Crippen molar-refractivity contribution in [3.8, 4) is 11.5 Å². The normalized spacial score (nSPS) is 14.9. The Morgan fingerprint density at radius 2 is 1.46 bits per heavy atom. The average Bonchev–Trinajstić information content (AvgIpc) is 3.50. The first-order chi connectivity index (χ1) is 18.1. The average molecular weight is 490 g/mol. The highest BCUT2D eigenvalue weighted by molar-refractivity contribution is 6.37. The maximum atomic E-state index is 13.2. The predicted octanol–water partition coefficient (Wildman–Crippen LogP) is 5.98. The second-order valence-electron chi connectivity index (χ2n) is 9.30. The van der Waals surface area contributed by atoms with E-state index < -0.39 is 0 Å². The monoisotopic (exact) mass is 489 g/mol. The third-order valence-electron chi connectivity index (χ3n) is 6.54. The van der Waals surface area contributed by atoms with Crippen molar-refractivity contribution in [2.24, 2.45) is 0 Å². The lowest BCUT2D eigenvalue weighted by atomic mass is 9.99. The van der Waals surface area contributed by atoms with Gasteiger partial charge >= 0.3 is 0 Å². The van der Waals surface area contributed by atoms with Gasteiger partial charge in [-0.3, -0.25) is 9.69 Å². The fraction of sp³-hybridized carbons (Fsp3) is 0.129. The number of nitrogens with one attached hydrogen (secondary N) is 2. The van der Waals surface area contributed by atoms with E-state index in [4.69, 9.17) is 9.47 Å². The summed E-state index contributed by atoms with van der Waals surface area (Å²) in [5, 5.41) is 6.52. The zero-order valence-electron chi connectivity index (χ0n) is 20.5. The largest absolute Gasteiger partial charge is 0.454 e. The Bertz CT molecular complexity index is 1470. The highest BCUT2D eigenvalue weighted by Gasteiger charge is 2.31. The van der Waals surface area contributed by atoms with Crippen LogP contribution in [-0.2, 0) is 17.9 Å². The van der Waals surface area contributed by atoms with E-state index in [1.54, 1.807) is 0 Å². The van der Waals surface area contributed by atoms with Crippen LogP contribution in [0.3, 0.4) is 0 Å². The molecule has 2 aliphatic rings. The number of rotatable bonds is 7.